The number of rotatable bonds is 2. The first-order valence-electron chi connectivity index (χ1n) is 4.97. The van der Waals surface area contributed by atoms with Crippen LogP contribution in [0.1, 0.15) is 24.0 Å². The van der Waals surface area contributed by atoms with Gasteiger partial charge in [0.1, 0.15) is 0 Å². The van der Waals surface area contributed by atoms with Gasteiger partial charge in [0.05, 0.1) is 6.10 Å². The molecular formula is C11H16N2O. The smallest absolute Gasteiger partial charge is 0.0558 e. The van der Waals surface area contributed by atoms with Gasteiger partial charge in [0.2, 0.25) is 0 Å². The molecule has 0 aromatic carbocycles. The molecular weight excluding hydrogens is 176 g/mol. The minimum absolute atomic E-state index is 0.0161. The summed E-state index contributed by atoms with van der Waals surface area (Å²) in [4.78, 5) is 4.13. The zero-order chi connectivity index (χ0) is 10.2. The van der Waals surface area contributed by atoms with Crippen LogP contribution < -0.4 is 5.73 Å². The van der Waals surface area contributed by atoms with Crippen molar-refractivity contribution in [1.82, 2.24) is 4.98 Å². The first-order chi connectivity index (χ1) is 6.68. The standard InChI is InChI=1S/C11H16N2O/c1-8-2-3-13-6-10(8)11(7-12)4-9(14)5-11/h2-3,6,9,14H,4-5,7,12H2,1H3. The van der Waals surface area contributed by atoms with Gasteiger partial charge >= 0.3 is 0 Å². The fourth-order valence-corrected chi connectivity index (χ4v) is 2.36. The van der Waals surface area contributed by atoms with Gasteiger partial charge in [-0.2, -0.15) is 0 Å². The zero-order valence-corrected chi connectivity index (χ0v) is 8.40. The Morgan fingerprint density at radius 2 is 2.36 bits per heavy atom. The van der Waals surface area contributed by atoms with Crippen LogP contribution in [0.25, 0.3) is 0 Å². The maximum atomic E-state index is 9.39. The summed E-state index contributed by atoms with van der Waals surface area (Å²) in [5, 5.41) is 9.39. The molecule has 76 valence electrons. The predicted octanol–water partition coefficient (Wildman–Crippen LogP) is 0.741. The third-order valence-electron chi connectivity index (χ3n) is 3.25. The molecule has 1 fully saturated rings. The molecule has 0 atom stereocenters. The lowest BCUT2D eigenvalue weighted by Crippen LogP contribution is -2.50. The Morgan fingerprint density at radius 3 is 2.86 bits per heavy atom. The average Bonchev–Trinajstić information content (AvgIpc) is 2.14. The third-order valence-corrected chi connectivity index (χ3v) is 3.25. The van der Waals surface area contributed by atoms with Crippen molar-refractivity contribution in [3.05, 3.63) is 29.6 Å². The Bertz CT molecular complexity index is 332. The van der Waals surface area contributed by atoms with Gasteiger partial charge < -0.3 is 10.8 Å². The van der Waals surface area contributed by atoms with Crippen molar-refractivity contribution in [1.29, 1.82) is 0 Å². The Balaban J connectivity index is 2.34. The fourth-order valence-electron chi connectivity index (χ4n) is 2.36. The molecule has 1 heterocycles. The van der Waals surface area contributed by atoms with E-state index in [1.165, 1.54) is 11.1 Å². The SMILES string of the molecule is Cc1ccncc1C1(CN)CC(O)C1. The highest BCUT2D eigenvalue weighted by atomic mass is 16.3. The van der Waals surface area contributed by atoms with Crippen LogP contribution in [-0.4, -0.2) is 22.7 Å². The molecule has 3 nitrogen and oxygen atoms in total. The number of aliphatic hydroxyl groups is 1. The summed E-state index contributed by atoms with van der Waals surface area (Å²) in [6, 6.07) is 2.00. The summed E-state index contributed by atoms with van der Waals surface area (Å²) in [5.74, 6) is 0. The number of nitrogens with zero attached hydrogens (tertiary/aromatic N) is 1. The first kappa shape index (κ1) is 9.62. The largest absolute Gasteiger partial charge is 0.393 e. The molecule has 0 amide bonds. The molecule has 1 aliphatic carbocycles. The molecule has 14 heavy (non-hydrogen) atoms. The maximum absolute atomic E-state index is 9.39. The monoisotopic (exact) mass is 192 g/mol. The Hall–Kier alpha value is -0.930. The zero-order valence-electron chi connectivity index (χ0n) is 8.40. The van der Waals surface area contributed by atoms with E-state index in [1.54, 1.807) is 6.20 Å². The normalized spacial score (nSPS) is 31.2. The second kappa shape index (κ2) is 3.33. The topological polar surface area (TPSA) is 59.1 Å². The van der Waals surface area contributed by atoms with Crippen LogP contribution >= 0.6 is 0 Å². The third kappa shape index (κ3) is 1.33. The van der Waals surface area contributed by atoms with Crippen LogP contribution in [0.4, 0.5) is 0 Å². The lowest BCUT2D eigenvalue weighted by Gasteiger charge is -2.45. The van der Waals surface area contributed by atoms with E-state index in [4.69, 9.17) is 5.73 Å². The summed E-state index contributed by atoms with van der Waals surface area (Å²) in [5.41, 5.74) is 8.20. The van der Waals surface area contributed by atoms with Crippen molar-refractivity contribution >= 4 is 0 Å². The number of aliphatic hydroxyl groups excluding tert-OH is 1. The fraction of sp³-hybridized carbons (Fsp3) is 0.545. The minimum atomic E-state index is -0.182. The molecule has 0 bridgehead atoms. The van der Waals surface area contributed by atoms with E-state index in [-0.39, 0.29) is 11.5 Å². The number of hydrogen-bond donors (Lipinski definition) is 2. The van der Waals surface area contributed by atoms with Crippen LogP contribution in [0.3, 0.4) is 0 Å². The van der Waals surface area contributed by atoms with E-state index in [0.717, 1.165) is 12.8 Å². The summed E-state index contributed by atoms with van der Waals surface area (Å²) in [7, 11) is 0. The van der Waals surface area contributed by atoms with E-state index in [1.807, 2.05) is 12.3 Å². The number of nitrogens with two attached hydrogens (primary N) is 1. The van der Waals surface area contributed by atoms with E-state index in [0.29, 0.717) is 6.54 Å². The molecule has 0 saturated heterocycles. The van der Waals surface area contributed by atoms with Gasteiger partial charge in [0, 0.05) is 24.4 Å². The molecule has 0 aliphatic heterocycles. The summed E-state index contributed by atoms with van der Waals surface area (Å²) in [6.45, 7) is 2.66. The predicted molar refractivity (Wildman–Crippen MR) is 54.9 cm³/mol. The van der Waals surface area contributed by atoms with E-state index in [2.05, 4.69) is 11.9 Å². The number of pyridine rings is 1. The Morgan fingerprint density at radius 1 is 1.64 bits per heavy atom. The minimum Gasteiger partial charge on any atom is -0.393 e. The van der Waals surface area contributed by atoms with Gasteiger partial charge in [-0.25, -0.2) is 0 Å². The number of aromatic nitrogens is 1. The molecule has 3 heteroatoms. The molecule has 1 aromatic rings. The van der Waals surface area contributed by atoms with Crippen molar-refractivity contribution < 1.29 is 5.11 Å². The molecule has 0 spiro atoms. The second-order valence-corrected chi connectivity index (χ2v) is 4.24. The van der Waals surface area contributed by atoms with Crippen molar-refractivity contribution in [2.24, 2.45) is 5.73 Å². The molecule has 1 aliphatic rings. The highest BCUT2D eigenvalue weighted by Gasteiger charge is 2.44. The molecule has 3 N–H and O–H groups in total. The average molecular weight is 192 g/mol. The lowest BCUT2D eigenvalue weighted by molar-refractivity contribution is 0.0217. The van der Waals surface area contributed by atoms with Crippen LogP contribution in [0.2, 0.25) is 0 Å². The van der Waals surface area contributed by atoms with E-state index in [9.17, 15) is 5.11 Å². The molecule has 1 aromatic heterocycles. The van der Waals surface area contributed by atoms with Gasteiger partial charge in [-0.3, -0.25) is 4.98 Å². The summed E-state index contributed by atoms with van der Waals surface area (Å²) < 4.78 is 0. The summed E-state index contributed by atoms with van der Waals surface area (Å²) in [6.07, 6.45) is 5.04. The first-order valence-corrected chi connectivity index (χ1v) is 4.97. The van der Waals surface area contributed by atoms with Crippen molar-refractivity contribution in [3.63, 3.8) is 0 Å². The Kier molecular flexibility index (Phi) is 2.29. The maximum Gasteiger partial charge on any atom is 0.0558 e. The molecule has 0 radical (unpaired) electrons. The van der Waals surface area contributed by atoms with Crippen molar-refractivity contribution in [3.8, 4) is 0 Å². The van der Waals surface area contributed by atoms with E-state index >= 15 is 0 Å². The summed E-state index contributed by atoms with van der Waals surface area (Å²) >= 11 is 0. The van der Waals surface area contributed by atoms with Crippen LogP contribution in [-0.2, 0) is 5.41 Å². The molecule has 2 rings (SSSR count). The van der Waals surface area contributed by atoms with Gasteiger partial charge in [0.25, 0.3) is 0 Å². The van der Waals surface area contributed by atoms with Crippen molar-refractivity contribution in [2.45, 2.75) is 31.3 Å². The highest BCUT2D eigenvalue weighted by Crippen LogP contribution is 2.43. The van der Waals surface area contributed by atoms with Crippen LogP contribution in [0.15, 0.2) is 18.5 Å². The Labute approximate surface area is 84.0 Å². The quantitative estimate of drug-likeness (QED) is 0.726. The van der Waals surface area contributed by atoms with Gasteiger partial charge in [-0.1, -0.05) is 0 Å². The molecule has 0 unspecified atom stereocenters. The van der Waals surface area contributed by atoms with E-state index < -0.39 is 0 Å². The van der Waals surface area contributed by atoms with Gasteiger partial charge in [-0.15, -0.1) is 0 Å². The lowest BCUT2D eigenvalue weighted by atomic mass is 9.62. The molecule has 1 saturated carbocycles. The van der Waals surface area contributed by atoms with Crippen LogP contribution in [0, 0.1) is 6.92 Å². The van der Waals surface area contributed by atoms with Gasteiger partial charge in [-0.05, 0) is 37.0 Å². The number of aryl methyl sites for hydroxylation is 1. The van der Waals surface area contributed by atoms with Crippen LogP contribution in [0.5, 0.6) is 0 Å². The van der Waals surface area contributed by atoms with Crippen molar-refractivity contribution in [2.75, 3.05) is 6.54 Å². The highest BCUT2D eigenvalue weighted by molar-refractivity contribution is 5.34. The van der Waals surface area contributed by atoms with Gasteiger partial charge in [0.15, 0.2) is 0 Å². The second-order valence-electron chi connectivity index (χ2n) is 4.24. The number of hydrogen-bond acceptors (Lipinski definition) is 3.